The number of rotatable bonds is 4. The van der Waals surface area contributed by atoms with Crippen LogP contribution in [0.25, 0.3) is 0 Å². The fraction of sp³-hybridized carbons (Fsp3) is 0.222. The van der Waals surface area contributed by atoms with Crippen LogP contribution < -0.4 is 0 Å². The summed E-state index contributed by atoms with van der Waals surface area (Å²) in [4.78, 5) is 20.9. The van der Waals surface area contributed by atoms with E-state index in [1.807, 2.05) is 0 Å². The lowest BCUT2D eigenvalue weighted by Gasteiger charge is -2.02. The van der Waals surface area contributed by atoms with Crippen LogP contribution in [-0.4, -0.2) is 22.2 Å². The van der Waals surface area contributed by atoms with Crippen molar-refractivity contribution in [2.24, 2.45) is 0 Å². The monoisotopic (exact) mass is 300 g/mol. The molecule has 0 spiro atoms. The molecule has 0 aliphatic carbocycles. The average molecular weight is 300 g/mol. The molecule has 22 heavy (non-hydrogen) atoms. The van der Waals surface area contributed by atoms with Crippen molar-refractivity contribution in [3.05, 3.63) is 70.8 Å². The predicted molar refractivity (Wildman–Crippen MR) is 85.6 cm³/mol. The summed E-state index contributed by atoms with van der Waals surface area (Å²) in [5.74, 6) is -2.46. The lowest BCUT2D eigenvalue weighted by atomic mass is 10.0. The summed E-state index contributed by atoms with van der Waals surface area (Å²) in [6, 6.07) is 14.1. The van der Waals surface area contributed by atoms with Crippen LogP contribution in [0.15, 0.2) is 48.5 Å². The molecule has 2 aromatic carbocycles. The Hall–Kier alpha value is -2.62. The summed E-state index contributed by atoms with van der Waals surface area (Å²) in [5.41, 5.74) is 2.60. The van der Waals surface area contributed by atoms with Crippen LogP contribution in [-0.2, 0) is 12.8 Å². The van der Waals surface area contributed by atoms with Gasteiger partial charge in [0, 0.05) is 0 Å². The maximum Gasteiger partial charge on any atom is 0.336 e. The van der Waals surface area contributed by atoms with Gasteiger partial charge in [0.25, 0.3) is 0 Å². The molecule has 0 bridgehead atoms. The number of carbonyl (C=O) groups is 2. The lowest BCUT2D eigenvalue weighted by molar-refractivity contribution is 0.0651. The van der Waals surface area contributed by atoms with Crippen LogP contribution in [0, 0.1) is 0 Å². The van der Waals surface area contributed by atoms with Crippen molar-refractivity contribution in [1.82, 2.24) is 0 Å². The molecule has 0 radical (unpaired) electrons. The quantitative estimate of drug-likeness (QED) is 0.898. The van der Waals surface area contributed by atoms with Gasteiger partial charge in [-0.2, -0.15) is 0 Å². The molecule has 0 atom stereocenters. The third-order valence-electron chi connectivity index (χ3n) is 3.27. The van der Waals surface area contributed by atoms with Crippen molar-refractivity contribution in [3.63, 3.8) is 0 Å². The molecular weight excluding hydrogens is 280 g/mol. The number of aromatic carboxylic acids is 2. The van der Waals surface area contributed by atoms with Crippen LogP contribution in [0.1, 0.15) is 45.7 Å². The minimum atomic E-state index is -1.23. The zero-order valence-electron chi connectivity index (χ0n) is 12.7. The van der Waals surface area contributed by atoms with E-state index in [0.29, 0.717) is 0 Å². The number of hydrogen-bond acceptors (Lipinski definition) is 2. The Morgan fingerprint density at radius 1 is 0.727 bits per heavy atom. The molecule has 0 amide bonds. The number of carboxylic acid groups (broad SMARTS) is 2. The average Bonchev–Trinajstić information content (AvgIpc) is 2.55. The van der Waals surface area contributed by atoms with Gasteiger partial charge in [0.05, 0.1) is 11.1 Å². The summed E-state index contributed by atoms with van der Waals surface area (Å²) in [5, 5.41) is 17.1. The molecule has 0 fully saturated rings. The normalized spacial score (nSPS) is 9.55. The fourth-order valence-corrected chi connectivity index (χ4v) is 2.10. The zero-order chi connectivity index (χ0) is 16.5. The summed E-state index contributed by atoms with van der Waals surface area (Å²) in [7, 11) is 0. The van der Waals surface area contributed by atoms with Crippen LogP contribution in [0.4, 0.5) is 0 Å². The first kappa shape index (κ1) is 17.4. The van der Waals surface area contributed by atoms with E-state index >= 15 is 0 Å². The molecule has 0 aliphatic heterocycles. The first-order valence-corrected chi connectivity index (χ1v) is 7.13. The van der Waals surface area contributed by atoms with Gasteiger partial charge in [0.2, 0.25) is 0 Å². The van der Waals surface area contributed by atoms with Gasteiger partial charge in [-0.05, 0) is 36.1 Å². The van der Waals surface area contributed by atoms with E-state index in [4.69, 9.17) is 10.2 Å². The van der Waals surface area contributed by atoms with Crippen LogP contribution in [0.2, 0.25) is 0 Å². The molecule has 0 saturated heterocycles. The number of carboxylic acids is 2. The SMILES string of the molecule is CCc1ccccc1CC.O=C(O)c1ccccc1C(=O)O. The number of hydrogen-bond donors (Lipinski definition) is 2. The van der Waals surface area contributed by atoms with Gasteiger partial charge in [-0.3, -0.25) is 0 Å². The van der Waals surface area contributed by atoms with Crippen LogP contribution >= 0.6 is 0 Å². The topological polar surface area (TPSA) is 74.6 Å². The zero-order valence-corrected chi connectivity index (χ0v) is 12.7. The molecule has 116 valence electrons. The van der Waals surface area contributed by atoms with Gasteiger partial charge in [0.15, 0.2) is 0 Å². The van der Waals surface area contributed by atoms with Crippen LogP contribution in [0.3, 0.4) is 0 Å². The van der Waals surface area contributed by atoms with E-state index in [9.17, 15) is 9.59 Å². The highest BCUT2D eigenvalue weighted by atomic mass is 16.4. The Morgan fingerprint density at radius 2 is 1.05 bits per heavy atom. The van der Waals surface area contributed by atoms with Crippen molar-refractivity contribution in [3.8, 4) is 0 Å². The van der Waals surface area contributed by atoms with Crippen molar-refractivity contribution >= 4 is 11.9 Å². The fourth-order valence-electron chi connectivity index (χ4n) is 2.10. The summed E-state index contributed by atoms with van der Waals surface area (Å²) in [6.45, 7) is 4.41. The highest BCUT2D eigenvalue weighted by Crippen LogP contribution is 2.09. The van der Waals surface area contributed by atoms with Gasteiger partial charge in [-0.15, -0.1) is 0 Å². The van der Waals surface area contributed by atoms with Gasteiger partial charge in [-0.25, -0.2) is 9.59 Å². The molecule has 0 saturated carbocycles. The molecule has 0 aromatic heterocycles. The largest absolute Gasteiger partial charge is 0.478 e. The molecule has 0 unspecified atom stereocenters. The van der Waals surface area contributed by atoms with Crippen molar-refractivity contribution in [2.75, 3.05) is 0 Å². The van der Waals surface area contributed by atoms with Gasteiger partial charge < -0.3 is 10.2 Å². The Balaban J connectivity index is 0.000000224. The second kappa shape index (κ2) is 8.62. The van der Waals surface area contributed by atoms with E-state index in [2.05, 4.69) is 38.1 Å². The summed E-state index contributed by atoms with van der Waals surface area (Å²) < 4.78 is 0. The van der Waals surface area contributed by atoms with Crippen molar-refractivity contribution in [2.45, 2.75) is 26.7 Å². The maximum absolute atomic E-state index is 10.5. The van der Waals surface area contributed by atoms with Crippen LogP contribution in [0.5, 0.6) is 0 Å². The van der Waals surface area contributed by atoms with Gasteiger partial charge in [-0.1, -0.05) is 50.2 Å². The third-order valence-corrected chi connectivity index (χ3v) is 3.27. The first-order chi connectivity index (χ1) is 10.5. The molecule has 0 aliphatic rings. The van der Waals surface area contributed by atoms with Crippen molar-refractivity contribution in [1.29, 1.82) is 0 Å². The Labute approximate surface area is 130 Å². The standard InChI is InChI=1S/C10H14.C8H6O4/c1-3-9-7-5-6-8-10(9)4-2;9-7(10)5-3-1-2-4-6(5)8(11)12/h5-8H,3-4H2,1-2H3;1-4H,(H,9,10)(H,11,12). The highest BCUT2D eigenvalue weighted by Gasteiger charge is 2.13. The smallest absolute Gasteiger partial charge is 0.336 e. The Kier molecular flexibility index (Phi) is 6.83. The molecule has 4 heteroatoms. The minimum absolute atomic E-state index is 0.190. The second-order valence-corrected chi connectivity index (χ2v) is 4.63. The van der Waals surface area contributed by atoms with E-state index in [-0.39, 0.29) is 11.1 Å². The molecule has 2 N–H and O–H groups in total. The van der Waals surface area contributed by atoms with Gasteiger partial charge in [0.1, 0.15) is 0 Å². The number of benzene rings is 2. The second-order valence-electron chi connectivity index (χ2n) is 4.63. The minimum Gasteiger partial charge on any atom is -0.478 e. The number of aryl methyl sites for hydroxylation is 2. The summed E-state index contributed by atoms with van der Waals surface area (Å²) in [6.07, 6.45) is 2.31. The first-order valence-electron chi connectivity index (χ1n) is 7.13. The molecule has 0 heterocycles. The molecule has 2 rings (SSSR count). The summed E-state index contributed by atoms with van der Waals surface area (Å²) >= 11 is 0. The predicted octanol–water partition coefficient (Wildman–Crippen LogP) is 3.89. The Morgan fingerprint density at radius 3 is 1.32 bits per heavy atom. The molecule has 2 aromatic rings. The third kappa shape index (κ3) is 4.74. The van der Waals surface area contributed by atoms with E-state index < -0.39 is 11.9 Å². The van der Waals surface area contributed by atoms with Gasteiger partial charge >= 0.3 is 11.9 Å². The molecule has 4 nitrogen and oxygen atoms in total. The van der Waals surface area contributed by atoms with Crippen molar-refractivity contribution < 1.29 is 19.8 Å². The lowest BCUT2D eigenvalue weighted by Crippen LogP contribution is -2.06. The van der Waals surface area contributed by atoms with E-state index in [1.54, 1.807) is 0 Å². The maximum atomic E-state index is 10.5. The highest BCUT2D eigenvalue weighted by molar-refractivity contribution is 6.01. The van der Waals surface area contributed by atoms with E-state index in [1.165, 1.54) is 35.4 Å². The Bertz CT molecular complexity index is 591. The molecular formula is C18H20O4. The van der Waals surface area contributed by atoms with E-state index in [0.717, 1.165) is 12.8 Å².